The minimum absolute atomic E-state index is 0.542. The second-order valence-corrected chi connectivity index (χ2v) is 6.82. The molecule has 6 heteroatoms. The number of ether oxygens (including phenoxy) is 1. The normalized spacial score (nSPS) is 11.0. The number of hydrogen-bond donors (Lipinski definition) is 1. The highest BCUT2D eigenvalue weighted by molar-refractivity contribution is 6.32. The van der Waals surface area contributed by atoms with E-state index in [4.69, 9.17) is 16.3 Å². The Kier molecular flexibility index (Phi) is 4.46. The van der Waals surface area contributed by atoms with Gasteiger partial charge in [-0.15, -0.1) is 0 Å². The minimum Gasteiger partial charge on any atom is -0.495 e. The zero-order valence-electron chi connectivity index (χ0n) is 15.3. The maximum atomic E-state index is 6.23. The number of anilines is 2. The van der Waals surface area contributed by atoms with Gasteiger partial charge in [-0.2, -0.15) is 0 Å². The first-order valence-corrected chi connectivity index (χ1v) is 8.95. The Morgan fingerprint density at radius 1 is 1.04 bits per heavy atom. The van der Waals surface area contributed by atoms with Crippen LogP contribution in [0.1, 0.15) is 11.1 Å². The molecule has 0 spiro atoms. The van der Waals surface area contributed by atoms with Gasteiger partial charge in [0.25, 0.3) is 0 Å². The predicted octanol–water partition coefficient (Wildman–Crippen LogP) is 5.44. The number of nitrogens with one attached hydrogen (secondary N) is 1. The molecule has 0 aliphatic rings. The number of hydrogen-bond acceptors (Lipinski definition) is 4. The molecule has 0 aliphatic carbocycles. The molecule has 0 aliphatic heterocycles. The van der Waals surface area contributed by atoms with Crippen molar-refractivity contribution in [2.75, 3.05) is 12.4 Å². The quantitative estimate of drug-likeness (QED) is 0.513. The molecule has 0 atom stereocenters. The van der Waals surface area contributed by atoms with E-state index in [-0.39, 0.29) is 0 Å². The molecule has 4 aromatic rings. The maximum Gasteiger partial charge on any atom is 0.150 e. The lowest BCUT2D eigenvalue weighted by Gasteiger charge is -2.11. The topological polar surface area (TPSA) is 52.0 Å². The van der Waals surface area contributed by atoms with Crippen LogP contribution in [-0.2, 0) is 0 Å². The molecular weight excluding hydrogens is 360 g/mol. The zero-order valence-corrected chi connectivity index (χ0v) is 16.1. The van der Waals surface area contributed by atoms with Crippen molar-refractivity contribution < 1.29 is 4.74 Å². The number of halogens is 1. The van der Waals surface area contributed by atoms with Crippen LogP contribution in [0, 0.1) is 13.8 Å². The van der Waals surface area contributed by atoms with Gasteiger partial charge in [0.05, 0.1) is 17.5 Å². The number of benzene rings is 2. The van der Waals surface area contributed by atoms with Crippen LogP contribution >= 0.6 is 11.6 Å². The van der Waals surface area contributed by atoms with Gasteiger partial charge in [-0.25, -0.2) is 9.97 Å². The Hall–Kier alpha value is -3.05. The van der Waals surface area contributed by atoms with Crippen LogP contribution in [0.25, 0.3) is 16.7 Å². The van der Waals surface area contributed by atoms with Crippen molar-refractivity contribution in [3.8, 4) is 11.4 Å². The Bertz CT molecular complexity index is 1140. The van der Waals surface area contributed by atoms with E-state index < -0.39 is 0 Å². The first-order chi connectivity index (χ1) is 13.1. The summed E-state index contributed by atoms with van der Waals surface area (Å²) in [5.41, 5.74) is 5.22. The number of fused-ring (bicyclic) bond motifs is 1. The maximum absolute atomic E-state index is 6.23. The zero-order chi connectivity index (χ0) is 19.0. The van der Waals surface area contributed by atoms with Crippen molar-refractivity contribution in [2.45, 2.75) is 13.8 Å². The van der Waals surface area contributed by atoms with E-state index in [9.17, 15) is 0 Å². The van der Waals surface area contributed by atoms with Crippen molar-refractivity contribution in [1.82, 2.24) is 14.5 Å². The summed E-state index contributed by atoms with van der Waals surface area (Å²) in [4.78, 5) is 8.90. The van der Waals surface area contributed by atoms with Crippen LogP contribution in [0.15, 0.2) is 55.0 Å². The smallest absolute Gasteiger partial charge is 0.150 e. The molecule has 4 rings (SSSR count). The van der Waals surface area contributed by atoms with Crippen LogP contribution in [0.2, 0.25) is 5.02 Å². The van der Waals surface area contributed by atoms with Gasteiger partial charge in [-0.3, -0.25) is 0 Å². The number of aromatic nitrogens is 3. The molecule has 0 amide bonds. The third-order valence-electron chi connectivity index (χ3n) is 4.51. The fourth-order valence-corrected chi connectivity index (χ4v) is 3.46. The van der Waals surface area contributed by atoms with Gasteiger partial charge in [0.2, 0.25) is 0 Å². The van der Waals surface area contributed by atoms with Gasteiger partial charge in [-0.05, 0) is 49.7 Å². The van der Waals surface area contributed by atoms with Gasteiger partial charge in [0, 0.05) is 17.6 Å². The van der Waals surface area contributed by atoms with Crippen LogP contribution < -0.4 is 10.1 Å². The molecule has 0 radical (unpaired) electrons. The summed E-state index contributed by atoms with van der Waals surface area (Å²) in [5, 5.41) is 4.80. The molecule has 0 saturated heterocycles. The van der Waals surface area contributed by atoms with E-state index in [2.05, 4.69) is 51.9 Å². The summed E-state index contributed by atoms with van der Waals surface area (Å²) in [6.07, 6.45) is 3.58. The number of rotatable bonds is 4. The molecule has 2 heterocycles. The standard InChI is InChI=1S/C21H19ClN4O/c1-13-4-6-18(14(2)10-13)26-9-8-16-20(23-12-24-21(16)26)25-15-5-7-19(27-3)17(22)11-15/h4-12H,1-3H3,(H,23,24,25). The summed E-state index contributed by atoms with van der Waals surface area (Å²) in [5.74, 6) is 1.36. The van der Waals surface area contributed by atoms with Gasteiger partial charge in [0.1, 0.15) is 23.5 Å². The van der Waals surface area contributed by atoms with Gasteiger partial charge in [-0.1, -0.05) is 29.3 Å². The SMILES string of the molecule is COc1ccc(Nc2ncnc3c2ccn3-c2ccc(C)cc2C)cc1Cl. The summed E-state index contributed by atoms with van der Waals surface area (Å²) in [7, 11) is 1.60. The molecule has 0 unspecified atom stereocenters. The molecule has 5 nitrogen and oxygen atoms in total. The van der Waals surface area contributed by atoms with E-state index in [1.165, 1.54) is 11.1 Å². The molecule has 0 bridgehead atoms. The van der Waals surface area contributed by atoms with E-state index >= 15 is 0 Å². The largest absolute Gasteiger partial charge is 0.495 e. The van der Waals surface area contributed by atoms with Crippen molar-refractivity contribution in [3.63, 3.8) is 0 Å². The summed E-state index contributed by atoms with van der Waals surface area (Å²) >= 11 is 6.23. The van der Waals surface area contributed by atoms with Crippen LogP contribution in [0.3, 0.4) is 0 Å². The second kappa shape index (κ2) is 6.93. The van der Waals surface area contributed by atoms with Gasteiger partial charge in [0.15, 0.2) is 0 Å². The third-order valence-corrected chi connectivity index (χ3v) is 4.80. The summed E-state index contributed by atoms with van der Waals surface area (Å²) < 4.78 is 7.28. The molecule has 1 N–H and O–H groups in total. The fraction of sp³-hybridized carbons (Fsp3) is 0.143. The lowest BCUT2D eigenvalue weighted by atomic mass is 10.1. The average Bonchev–Trinajstić information content (AvgIpc) is 3.07. The molecule has 2 aromatic carbocycles. The summed E-state index contributed by atoms with van der Waals surface area (Å²) in [6, 6.07) is 13.9. The molecule has 0 saturated carbocycles. The van der Waals surface area contributed by atoms with E-state index in [0.29, 0.717) is 10.8 Å². The lowest BCUT2D eigenvalue weighted by molar-refractivity contribution is 0.415. The van der Waals surface area contributed by atoms with Gasteiger partial charge >= 0.3 is 0 Å². The number of aryl methyl sites for hydroxylation is 2. The monoisotopic (exact) mass is 378 g/mol. The van der Waals surface area contributed by atoms with Crippen molar-refractivity contribution in [3.05, 3.63) is 71.1 Å². The van der Waals surface area contributed by atoms with Crippen LogP contribution in [0.5, 0.6) is 5.75 Å². The Labute approximate surface area is 162 Å². The van der Waals surface area contributed by atoms with Crippen LogP contribution in [-0.4, -0.2) is 21.6 Å². The lowest BCUT2D eigenvalue weighted by Crippen LogP contribution is -1.99. The second-order valence-electron chi connectivity index (χ2n) is 6.41. The molecule has 0 fully saturated rings. The molecule has 27 heavy (non-hydrogen) atoms. The Morgan fingerprint density at radius 2 is 1.89 bits per heavy atom. The first kappa shape index (κ1) is 17.4. The Morgan fingerprint density at radius 3 is 2.63 bits per heavy atom. The van der Waals surface area contributed by atoms with E-state index in [1.807, 2.05) is 30.5 Å². The van der Waals surface area contributed by atoms with Crippen molar-refractivity contribution >= 4 is 34.1 Å². The molecule has 136 valence electrons. The fourth-order valence-electron chi connectivity index (χ4n) is 3.20. The third kappa shape index (κ3) is 3.22. The Balaban J connectivity index is 1.75. The average molecular weight is 379 g/mol. The van der Waals surface area contributed by atoms with Crippen molar-refractivity contribution in [1.29, 1.82) is 0 Å². The first-order valence-electron chi connectivity index (χ1n) is 8.57. The molecular formula is C21H19ClN4O. The minimum atomic E-state index is 0.542. The summed E-state index contributed by atoms with van der Waals surface area (Å²) in [6.45, 7) is 4.20. The number of nitrogens with zero attached hydrogens (tertiary/aromatic N) is 3. The number of methoxy groups -OCH3 is 1. The van der Waals surface area contributed by atoms with Crippen molar-refractivity contribution in [2.24, 2.45) is 0 Å². The molecule has 2 aromatic heterocycles. The van der Waals surface area contributed by atoms with Gasteiger partial charge < -0.3 is 14.6 Å². The predicted molar refractivity (Wildman–Crippen MR) is 110 cm³/mol. The highest BCUT2D eigenvalue weighted by atomic mass is 35.5. The highest BCUT2D eigenvalue weighted by Crippen LogP contribution is 2.31. The highest BCUT2D eigenvalue weighted by Gasteiger charge is 2.12. The van der Waals surface area contributed by atoms with E-state index in [1.54, 1.807) is 13.4 Å². The van der Waals surface area contributed by atoms with Crippen LogP contribution in [0.4, 0.5) is 11.5 Å². The van der Waals surface area contributed by atoms with E-state index in [0.717, 1.165) is 28.2 Å².